The van der Waals surface area contributed by atoms with Crippen molar-refractivity contribution in [2.75, 3.05) is 0 Å². The standard InChI is InChI=1S/C12H18IN/c1-8(2)7-11(14)10-6-4-5-9(3)12(10)13/h4-6,8,11H,7,14H2,1-3H3. The Hall–Kier alpha value is -0.0900. The third-order valence-corrected chi connectivity index (χ3v) is 3.82. The van der Waals surface area contributed by atoms with Crippen molar-refractivity contribution in [2.45, 2.75) is 33.2 Å². The third kappa shape index (κ3) is 2.95. The van der Waals surface area contributed by atoms with Gasteiger partial charge >= 0.3 is 0 Å². The van der Waals surface area contributed by atoms with Crippen LogP contribution < -0.4 is 5.73 Å². The molecule has 2 heteroatoms. The number of halogens is 1. The van der Waals surface area contributed by atoms with E-state index in [1.165, 1.54) is 14.7 Å². The van der Waals surface area contributed by atoms with Crippen LogP contribution in [-0.4, -0.2) is 0 Å². The van der Waals surface area contributed by atoms with E-state index in [2.05, 4.69) is 61.6 Å². The Bertz CT molecular complexity index is 307. The molecular weight excluding hydrogens is 285 g/mol. The summed E-state index contributed by atoms with van der Waals surface area (Å²) in [6.07, 6.45) is 1.06. The van der Waals surface area contributed by atoms with Gasteiger partial charge in [0.2, 0.25) is 0 Å². The van der Waals surface area contributed by atoms with Crippen molar-refractivity contribution in [3.05, 3.63) is 32.9 Å². The smallest absolute Gasteiger partial charge is 0.0307 e. The number of nitrogens with two attached hydrogens (primary N) is 1. The number of aryl methyl sites for hydroxylation is 1. The Morgan fingerprint density at radius 2 is 2.00 bits per heavy atom. The average molecular weight is 303 g/mol. The fourth-order valence-electron chi connectivity index (χ4n) is 1.59. The van der Waals surface area contributed by atoms with Crippen molar-refractivity contribution >= 4 is 22.6 Å². The largest absolute Gasteiger partial charge is 0.324 e. The molecule has 0 aromatic heterocycles. The van der Waals surface area contributed by atoms with Gasteiger partial charge in [0.1, 0.15) is 0 Å². The molecule has 0 saturated carbocycles. The van der Waals surface area contributed by atoms with Crippen LogP contribution in [0, 0.1) is 16.4 Å². The second-order valence-corrected chi connectivity index (χ2v) is 5.29. The monoisotopic (exact) mass is 303 g/mol. The Morgan fingerprint density at radius 1 is 1.36 bits per heavy atom. The first-order chi connectivity index (χ1) is 6.52. The van der Waals surface area contributed by atoms with Gasteiger partial charge in [0.05, 0.1) is 0 Å². The van der Waals surface area contributed by atoms with Crippen molar-refractivity contribution in [3.63, 3.8) is 0 Å². The highest BCUT2D eigenvalue weighted by Gasteiger charge is 2.12. The number of hydrogen-bond acceptors (Lipinski definition) is 1. The van der Waals surface area contributed by atoms with Crippen LogP contribution in [-0.2, 0) is 0 Å². The summed E-state index contributed by atoms with van der Waals surface area (Å²) in [5.41, 5.74) is 8.77. The lowest BCUT2D eigenvalue weighted by Gasteiger charge is -2.17. The molecule has 14 heavy (non-hydrogen) atoms. The minimum absolute atomic E-state index is 0.182. The lowest BCUT2D eigenvalue weighted by atomic mass is 9.97. The zero-order valence-corrected chi connectivity index (χ0v) is 11.2. The summed E-state index contributed by atoms with van der Waals surface area (Å²) in [7, 11) is 0. The van der Waals surface area contributed by atoms with E-state index in [1.807, 2.05) is 0 Å². The first-order valence-corrected chi connectivity index (χ1v) is 6.10. The van der Waals surface area contributed by atoms with Gasteiger partial charge in [-0.05, 0) is 53.0 Å². The molecule has 0 bridgehead atoms. The van der Waals surface area contributed by atoms with E-state index in [0.29, 0.717) is 5.92 Å². The summed E-state index contributed by atoms with van der Waals surface area (Å²) in [5, 5.41) is 0. The third-order valence-electron chi connectivity index (χ3n) is 2.35. The molecule has 0 radical (unpaired) electrons. The maximum atomic E-state index is 6.16. The second kappa shape index (κ2) is 5.12. The molecule has 1 aromatic carbocycles. The highest BCUT2D eigenvalue weighted by Crippen LogP contribution is 2.25. The summed E-state index contributed by atoms with van der Waals surface area (Å²) in [6, 6.07) is 6.55. The summed E-state index contributed by atoms with van der Waals surface area (Å²) in [6.45, 7) is 6.55. The maximum Gasteiger partial charge on any atom is 0.0307 e. The zero-order chi connectivity index (χ0) is 10.7. The first-order valence-electron chi connectivity index (χ1n) is 5.03. The number of hydrogen-bond donors (Lipinski definition) is 1. The average Bonchev–Trinajstić information content (AvgIpc) is 2.08. The van der Waals surface area contributed by atoms with Crippen LogP contribution in [0.5, 0.6) is 0 Å². The Balaban J connectivity index is 2.89. The van der Waals surface area contributed by atoms with Gasteiger partial charge in [-0.3, -0.25) is 0 Å². The summed E-state index contributed by atoms with van der Waals surface area (Å²) >= 11 is 2.39. The molecule has 0 fully saturated rings. The topological polar surface area (TPSA) is 26.0 Å². The fourth-order valence-corrected chi connectivity index (χ4v) is 2.35. The molecule has 1 unspecified atom stereocenters. The maximum absolute atomic E-state index is 6.16. The summed E-state index contributed by atoms with van der Waals surface area (Å²) in [5.74, 6) is 0.654. The van der Waals surface area contributed by atoms with Gasteiger partial charge in [-0.15, -0.1) is 0 Å². The highest BCUT2D eigenvalue weighted by molar-refractivity contribution is 14.1. The van der Waals surface area contributed by atoms with Crippen LogP contribution in [0.25, 0.3) is 0 Å². The van der Waals surface area contributed by atoms with Gasteiger partial charge in [0.25, 0.3) is 0 Å². The van der Waals surface area contributed by atoms with Gasteiger partial charge in [0, 0.05) is 9.61 Å². The predicted octanol–water partition coefficient (Wildman–Crippen LogP) is 3.65. The molecule has 1 aromatic rings. The second-order valence-electron chi connectivity index (χ2n) is 4.21. The Labute approximate surface area is 100 Å². The van der Waals surface area contributed by atoms with E-state index in [0.717, 1.165) is 6.42 Å². The minimum Gasteiger partial charge on any atom is -0.324 e. The van der Waals surface area contributed by atoms with Crippen LogP contribution in [0.3, 0.4) is 0 Å². The predicted molar refractivity (Wildman–Crippen MR) is 70.3 cm³/mol. The quantitative estimate of drug-likeness (QED) is 0.848. The SMILES string of the molecule is Cc1cccc(C(N)CC(C)C)c1I. The van der Waals surface area contributed by atoms with Gasteiger partial charge in [-0.25, -0.2) is 0 Å². The first kappa shape index (κ1) is 12.0. The molecule has 0 heterocycles. The van der Waals surface area contributed by atoms with Crippen molar-refractivity contribution in [1.82, 2.24) is 0 Å². The zero-order valence-electron chi connectivity index (χ0n) is 9.05. The molecule has 0 aliphatic carbocycles. The lowest BCUT2D eigenvalue weighted by Crippen LogP contribution is -2.14. The van der Waals surface area contributed by atoms with Gasteiger partial charge in [-0.1, -0.05) is 32.0 Å². The van der Waals surface area contributed by atoms with Crippen LogP contribution in [0.4, 0.5) is 0 Å². The van der Waals surface area contributed by atoms with Crippen molar-refractivity contribution in [3.8, 4) is 0 Å². The molecule has 2 N–H and O–H groups in total. The minimum atomic E-state index is 0.182. The van der Waals surface area contributed by atoms with E-state index in [-0.39, 0.29) is 6.04 Å². The van der Waals surface area contributed by atoms with E-state index in [1.54, 1.807) is 0 Å². The molecule has 1 rings (SSSR count). The van der Waals surface area contributed by atoms with E-state index in [9.17, 15) is 0 Å². The van der Waals surface area contributed by atoms with Gasteiger partial charge in [-0.2, -0.15) is 0 Å². The van der Waals surface area contributed by atoms with E-state index < -0.39 is 0 Å². The van der Waals surface area contributed by atoms with Crippen LogP contribution in [0.1, 0.15) is 37.4 Å². The molecular formula is C12H18IN. The van der Waals surface area contributed by atoms with E-state index in [4.69, 9.17) is 5.73 Å². The van der Waals surface area contributed by atoms with Crippen molar-refractivity contribution < 1.29 is 0 Å². The summed E-state index contributed by atoms with van der Waals surface area (Å²) < 4.78 is 1.32. The lowest BCUT2D eigenvalue weighted by molar-refractivity contribution is 0.508. The molecule has 0 spiro atoms. The Morgan fingerprint density at radius 3 is 2.57 bits per heavy atom. The normalized spacial score (nSPS) is 13.3. The molecule has 0 saturated heterocycles. The van der Waals surface area contributed by atoms with Crippen LogP contribution in [0.2, 0.25) is 0 Å². The van der Waals surface area contributed by atoms with Crippen molar-refractivity contribution in [2.24, 2.45) is 11.7 Å². The molecule has 1 atom stereocenters. The van der Waals surface area contributed by atoms with Gasteiger partial charge in [0.15, 0.2) is 0 Å². The molecule has 0 aliphatic heterocycles. The Kier molecular flexibility index (Phi) is 4.38. The molecule has 0 aliphatic rings. The van der Waals surface area contributed by atoms with Crippen LogP contribution in [0.15, 0.2) is 18.2 Å². The van der Waals surface area contributed by atoms with E-state index >= 15 is 0 Å². The summed E-state index contributed by atoms with van der Waals surface area (Å²) in [4.78, 5) is 0. The fraction of sp³-hybridized carbons (Fsp3) is 0.500. The highest BCUT2D eigenvalue weighted by atomic mass is 127. The number of rotatable bonds is 3. The van der Waals surface area contributed by atoms with Crippen molar-refractivity contribution in [1.29, 1.82) is 0 Å². The van der Waals surface area contributed by atoms with Gasteiger partial charge < -0.3 is 5.73 Å². The number of benzene rings is 1. The van der Waals surface area contributed by atoms with Crippen LogP contribution >= 0.6 is 22.6 Å². The molecule has 0 amide bonds. The molecule has 78 valence electrons. The molecule has 1 nitrogen and oxygen atoms in total.